The quantitative estimate of drug-likeness (QED) is 0.359. The number of nitrogens with zero attached hydrogens (tertiary/aromatic N) is 3. The SMILES string of the molecule is CC(=O)N[C@H](C)C(=O)N1CCC(Cc2ccc(NC(=O)Nc3cc(C(C)(C)C)nn3-c3ccc(C)cc3)cc2)CC1. The number of nitrogens with one attached hydrogen (secondary N) is 3. The molecule has 1 aliphatic heterocycles. The Morgan fingerprint density at radius 3 is 2.20 bits per heavy atom. The van der Waals surface area contributed by atoms with Crippen molar-refractivity contribution in [1.29, 1.82) is 0 Å². The van der Waals surface area contributed by atoms with E-state index in [0.29, 0.717) is 30.5 Å². The summed E-state index contributed by atoms with van der Waals surface area (Å²) in [6.07, 6.45) is 2.76. The van der Waals surface area contributed by atoms with Crippen molar-refractivity contribution in [3.63, 3.8) is 0 Å². The molecule has 9 heteroatoms. The second-order valence-electron chi connectivity index (χ2n) is 12.1. The Labute approximate surface area is 242 Å². The summed E-state index contributed by atoms with van der Waals surface area (Å²) < 4.78 is 1.77. The third-order valence-electron chi connectivity index (χ3n) is 7.45. The molecule has 4 amide bonds. The minimum absolute atomic E-state index is 0.0242. The number of aryl methyl sites for hydroxylation is 1. The van der Waals surface area contributed by atoms with E-state index in [1.807, 2.05) is 66.4 Å². The van der Waals surface area contributed by atoms with Crippen molar-refractivity contribution in [2.75, 3.05) is 23.7 Å². The molecule has 4 rings (SSSR count). The number of aromatic nitrogens is 2. The van der Waals surface area contributed by atoms with E-state index in [0.717, 1.165) is 36.2 Å². The van der Waals surface area contributed by atoms with Crippen LogP contribution in [0.4, 0.5) is 16.3 Å². The standard InChI is InChI=1S/C32H42N6O3/c1-21-7-13-27(14-8-21)38-29(20-28(36-38)32(4,5)6)35-31(41)34-26-11-9-24(10-12-26)19-25-15-17-37(18-16-25)30(40)22(2)33-23(3)39/h7-14,20,22,25H,15-19H2,1-6H3,(H,33,39)(H2,34,35,41)/t22-/m1/s1. The van der Waals surface area contributed by atoms with Gasteiger partial charge < -0.3 is 15.5 Å². The topological polar surface area (TPSA) is 108 Å². The fraction of sp³-hybridized carbons (Fsp3) is 0.438. The monoisotopic (exact) mass is 558 g/mol. The predicted molar refractivity (Wildman–Crippen MR) is 162 cm³/mol. The Morgan fingerprint density at radius 1 is 0.976 bits per heavy atom. The van der Waals surface area contributed by atoms with E-state index in [1.54, 1.807) is 11.6 Å². The number of piperidine rings is 1. The number of benzene rings is 2. The second-order valence-corrected chi connectivity index (χ2v) is 12.1. The van der Waals surface area contributed by atoms with Gasteiger partial charge in [-0.15, -0.1) is 0 Å². The molecule has 0 bridgehead atoms. The largest absolute Gasteiger partial charge is 0.345 e. The van der Waals surface area contributed by atoms with E-state index >= 15 is 0 Å². The molecule has 1 saturated heterocycles. The predicted octanol–water partition coefficient (Wildman–Crippen LogP) is 5.43. The van der Waals surface area contributed by atoms with Crippen LogP contribution in [-0.2, 0) is 21.4 Å². The Balaban J connectivity index is 1.33. The highest BCUT2D eigenvalue weighted by Gasteiger charge is 2.26. The molecule has 1 atom stereocenters. The van der Waals surface area contributed by atoms with Crippen molar-refractivity contribution >= 4 is 29.4 Å². The van der Waals surface area contributed by atoms with Gasteiger partial charge >= 0.3 is 6.03 Å². The summed E-state index contributed by atoms with van der Waals surface area (Å²) in [4.78, 5) is 38.6. The van der Waals surface area contributed by atoms with E-state index in [1.165, 1.54) is 12.5 Å². The summed E-state index contributed by atoms with van der Waals surface area (Å²) in [5.41, 5.74) is 4.64. The zero-order valence-corrected chi connectivity index (χ0v) is 25.0. The lowest BCUT2D eigenvalue weighted by atomic mass is 9.90. The van der Waals surface area contributed by atoms with E-state index in [4.69, 9.17) is 5.10 Å². The molecule has 0 spiro atoms. The molecule has 0 saturated carbocycles. The summed E-state index contributed by atoms with van der Waals surface area (Å²) >= 11 is 0. The number of likely N-dealkylation sites (tertiary alicyclic amines) is 1. The molecule has 2 heterocycles. The smallest absolute Gasteiger partial charge is 0.324 e. The average Bonchev–Trinajstić information content (AvgIpc) is 3.34. The first-order valence-electron chi connectivity index (χ1n) is 14.3. The van der Waals surface area contributed by atoms with Gasteiger partial charge in [0, 0.05) is 37.2 Å². The maximum Gasteiger partial charge on any atom is 0.324 e. The number of rotatable bonds is 7. The van der Waals surface area contributed by atoms with Crippen molar-refractivity contribution in [1.82, 2.24) is 20.0 Å². The molecule has 41 heavy (non-hydrogen) atoms. The lowest BCUT2D eigenvalue weighted by Crippen LogP contribution is -2.49. The number of carbonyl (C=O) groups excluding carboxylic acids is 3. The van der Waals surface area contributed by atoms with Gasteiger partial charge in [0.25, 0.3) is 0 Å². The molecule has 3 aromatic rings. The lowest BCUT2D eigenvalue weighted by Gasteiger charge is -2.33. The maximum absolute atomic E-state index is 13.0. The van der Waals surface area contributed by atoms with E-state index < -0.39 is 6.04 Å². The molecule has 0 radical (unpaired) electrons. The van der Waals surface area contributed by atoms with Crippen LogP contribution < -0.4 is 16.0 Å². The third kappa shape index (κ3) is 7.96. The lowest BCUT2D eigenvalue weighted by molar-refractivity contribution is -0.136. The molecule has 1 fully saturated rings. The van der Waals surface area contributed by atoms with Gasteiger partial charge in [0.2, 0.25) is 11.8 Å². The number of urea groups is 1. The third-order valence-corrected chi connectivity index (χ3v) is 7.45. The van der Waals surface area contributed by atoms with Crippen LogP contribution in [0.1, 0.15) is 64.3 Å². The average molecular weight is 559 g/mol. The molecule has 1 aliphatic rings. The summed E-state index contributed by atoms with van der Waals surface area (Å²) in [6, 6.07) is 17.0. The van der Waals surface area contributed by atoms with Gasteiger partial charge in [-0.25, -0.2) is 9.48 Å². The van der Waals surface area contributed by atoms with Gasteiger partial charge in [0.1, 0.15) is 11.9 Å². The highest BCUT2D eigenvalue weighted by atomic mass is 16.2. The molecule has 9 nitrogen and oxygen atoms in total. The Hall–Kier alpha value is -4.14. The van der Waals surface area contributed by atoms with Crippen LogP contribution in [0.2, 0.25) is 0 Å². The van der Waals surface area contributed by atoms with E-state index in [-0.39, 0.29) is 23.3 Å². The van der Waals surface area contributed by atoms with E-state index in [2.05, 4.69) is 36.7 Å². The highest BCUT2D eigenvalue weighted by molar-refractivity contribution is 5.99. The van der Waals surface area contributed by atoms with Gasteiger partial charge in [0.15, 0.2) is 0 Å². The van der Waals surface area contributed by atoms with Crippen LogP contribution in [0.25, 0.3) is 5.69 Å². The van der Waals surface area contributed by atoms with E-state index in [9.17, 15) is 14.4 Å². The molecule has 1 aromatic heterocycles. The molecule has 3 N–H and O–H groups in total. The van der Waals surface area contributed by atoms with Crippen molar-refractivity contribution < 1.29 is 14.4 Å². The summed E-state index contributed by atoms with van der Waals surface area (Å²) in [5, 5.41) is 13.4. The van der Waals surface area contributed by atoms with Crippen LogP contribution >= 0.6 is 0 Å². The van der Waals surface area contributed by atoms with Gasteiger partial charge in [-0.1, -0.05) is 50.6 Å². The molecular formula is C32H42N6O3. The molecular weight excluding hydrogens is 516 g/mol. The van der Waals surface area contributed by atoms with Gasteiger partial charge in [-0.3, -0.25) is 14.9 Å². The van der Waals surface area contributed by atoms with Gasteiger partial charge in [-0.2, -0.15) is 5.10 Å². The summed E-state index contributed by atoms with van der Waals surface area (Å²) in [6.45, 7) is 12.9. The van der Waals surface area contributed by atoms with Crippen LogP contribution in [0.15, 0.2) is 54.6 Å². The number of carbonyl (C=O) groups is 3. The summed E-state index contributed by atoms with van der Waals surface area (Å²) in [5.74, 6) is 0.865. The molecule has 0 unspecified atom stereocenters. The first-order chi connectivity index (χ1) is 19.4. The van der Waals surface area contributed by atoms with Crippen LogP contribution in [0.3, 0.4) is 0 Å². The van der Waals surface area contributed by atoms with Crippen molar-refractivity contribution in [2.45, 2.75) is 72.3 Å². The summed E-state index contributed by atoms with van der Waals surface area (Å²) in [7, 11) is 0. The Bertz CT molecular complexity index is 1360. The first kappa shape index (κ1) is 29.8. The number of hydrogen-bond donors (Lipinski definition) is 3. The minimum atomic E-state index is -0.495. The van der Waals surface area contributed by atoms with Crippen LogP contribution in [-0.4, -0.2) is 51.7 Å². The minimum Gasteiger partial charge on any atom is -0.345 e. The zero-order valence-electron chi connectivity index (χ0n) is 25.0. The Kier molecular flexibility index (Phi) is 9.15. The zero-order chi connectivity index (χ0) is 29.7. The molecule has 0 aliphatic carbocycles. The normalized spacial score (nSPS) is 14.8. The number of hydrogen-bond acceptors (Lipinski definition) is 4. The maximum atomic E-state index is 13.0. The number of anilines is 2. The van der Waals surface area contributed by atoms with Crippen molar-refractivity contribution in [3.05, 3.63) is 71.4 Å². The Morgan fingerprint density at radius 2 is 1.61 bits per heavy atom. The van der Waals surface area contributed by atoms with Crippen LogP contribution in [0.5, 0.6) is 0 Å². The van der Waals surface area contributed by atoms with Gasteiger partial charge in [-0.05, 0) is 68.9 Å². The van der Waals surface area contributed by atoms with Gasteiger partial charge in [0.05, 0.1) is 11.4 Å². The first-order valence-corrected chi connectivity index (χ1v) is 14.3. The molecule has 218 valence electrons. The fourth-order valence-electron chi connectivity index (χ4n) is 5.05. The van der Waals surface area contributed by atoms with Crippen molar-refractivity contribution in [2.24, 2.45) is 5.92 Å². The fourth-order valence-corrected chi connectivity index (χ4v) is 5.05. The van der Waals surface area contributed by atoms with Crippen LogP contribution in [0, 0.1) is 12.8 Å². The second kappa shape index (κ2) is 12.6. The highest BCUT2D eigenvalue weighted by Crippen LogP contribution is 2.27. The number of amides is 4. The molecule has 2 aromatic carbocycles. The van der Waals surface area contributed by atoms with Crippen molar-refractivity contribution in [3.8, 4) is 5.69 Å².